The summed E-state index contributed by atoms with van der Waals surface area (Å²) in [7, 11) is 0. The summed E-state index contributed by atoms with van der Waals surface area (Å²) in [5.41, 5.74) is -0.442. The predicted octanol–water partition coefficient (Wildman–Crippen LogP) is 4.23. The Bertz CT molecular complexity index is 1050. The zero-order valence-electron chi connectivity index (χ0n) is 21.5. The SMILES string of the molecule is CC(C)(C)OC(=O)N1C(=O)C2=C(O)[C@@H]1Cc1ccc(cc1)OC[C@@H]1OC(C)(C)O[C@H]1CCCCC2=O. The van der Waals surface area contributed by atoms with Crippen LogP contribution in [0, 0.1) is 0 Å². The minimum absolute atomic E-state index is 0.0620. The zero-order valence-corrected chi connectivity index (χ0v) is 21.5. The Morgan fingerprint density at radius 3 is 2.42 bits per heavy atom. The lowest BCUT2D eigenvalue weighted by atomic mass is 10.00. The number of ether oxygens (including phenoxy) is 4. The van der Waals surface area contributed by atoms with Gasteiger partial charge in [-0.2, -0.15) is 0 Å². The molecule has 4 aliphatic heterocycles. The second-order valence-electron chi connectivity index (χ2n) is 11.0. The Hall–Kier alpha value is -2.91. The van der Waals surface area contributed by atoms with E-state index < -0.39 is 41.0 Å². The number of ketones is 1. The molecule has 0 unspecified atom stereocenters. The summed E-state index contributed by atoms with van der Waals surface area (Å²) < 4.78 is 23.5. The van der Waals surface area contributed by atoms with Crippen LogP contribution in [0.2, 0.25) is 0 Å². The van der Waals surface area contributed by atoms with E-state index in [2.05, 4.69) is 0 Å². The quantitative estimate of drug-likeness (QED) is 0.526. The maximum atomic E-state index is 13.2. The molecule has 1 N–H and O–H groups in total. The molecule has 0 radical (unpaired) electrons. The first-order chi connectivity index (χ1) is 16.8. The molecule has 9 heteroatoms. The molecule has 2 amide bonds. The molecule has 4 aliphatic rings. The van der Waals surface area contributed by atoms with E-state index in [0.29, 0.717) is 31.6 Å². The lowest BCUT2D eigenvalue weighted by Gasteiger charge is -2.27. The topological polar surface area (TPSA) is 112 Å². The van der Waals surface area contributed by atoms with Gasteiger partial charge in [-0.25, -0.2) is 9.69 Å². The second kappa shape index (κ2) is 9.86. The van der Waals surface area contributed by atoms with E-state index in [9.17, 15) is 19.5 Å². The minimum atomic E-state index is -1.03. The molecule has 196 valence electrons. The number of hydrogen-bond donors (Lipinski definition) is 1. The van der Waals surface area contributed by atoms with Crippen molar-refractivity contribution in [2.45, 2.75) is 96.4 Å². The third kappa shape index (κ3) is 5.73. The predicted molar refractivity (Wildman–Crippen MR) is 129 cm³/mol. The molecule has 5 rings (SSSR count). The number of amides is 2. The lowest BCUT2D eigenvalue weighted by Crippen LogP contribution is -2.45. The molecular formula is C27H35NO8. The van der Waals surface area contributed by atoms with Crippen LogP contribution in [0.15, 0.2) is 35.6 Å². The van der Waals surface area contributed by atoms with Gasteiger partial charge in [0.05, 0.1) is 6.10 Å². The number of rotatable bonds is 0. The summed E-state index contributed by atoms with van der Waals surface area (Å²) in [5, 5.41) is 11.0. The van der Waals surface area contributed by atoms with Gasteiger partial charge >= 0.3 is 6.09 Å². The number of imide groups is 1. The minimum Gasteiger partial charge on any atom is -0.509 e. The molecular weight excluding hydrogens is 466 g/mol. The average molecular weight is 502 g/mol. The normalized spacial score (nSPS) is 27.0. The Morgan fingerprint density at radius 2 is 1.75 bits per heavy atom. The number of hydrogen-bond acceptors (Lipinski definition) is 8. The Balaban J connectivity index is 1.63. The zero-order chi connectivity index (χ0) is 26.3. The molecule has 4 heterocycles. The molecule has 0 aliphatic carbocycles. The molecule has 1 aromatic carbocycles. The van der Waals surface area contributed by atoms with Crippen molar-refractivity contribution in [2.75, 3.05) is 6.61 Å². The fraction of sp³-hybridized carbons (Fsp3) is 0.593. The maximum absolute atomic E-state index is 13.2. The smallest absolute Gasteiger partial charge is 0.418 e. The van der Waals surface area contributed by atoms with Gasteiger partial charge in [0.1, 0.15) is 41.4 Å². The van der Waals surface area contributed by atoms with Crippen LogP contribution in [0.1, 0.15) is 65.9 Å². The molecule has 0 saturated carbocycles. The standard InChI is InChI=1S/C27H35NO8/c1-26(2,3)36-25(32)28-18-14-16-10-12-17(13-11-16)33-15-21-20(34-27(4,5)35-21)9-7-6-8-19(29)22(23(18)30)24(28)31/h10-13,18,20-21,30H,6-9,14-15H2,1-5H3/t18-,20-,21-/m0/s1. The molecule has 1 saturated heterocycles. The maximum Gasteiger partial charge on any atom is 0.418 e. The van der Waals surface area contributed by atoms with Crippen molar-refractivity contribution in [2.24, 2.45) is 0 Å². The highest BCUT2D eigenvalue weighted by Crippen LogP contribution is 2.34. The van der Waals surface area contributed by atoms with E-state index in [-0.39, 0.29) is 30.6 Å². The highest BCUT2D eigenvalue weighted by Gasteiger charge is 2.47. The number of aliphatic hydroxyl groups is 1. The number of Topliss-reactive ketones (excluding diaryl/α,β-unsaturated/α-hetero) is 1. The third-order valence-corrected chi connectivity index (χ3v) is 6.38. The molecule has 1 aromatic rings. The first-order valence-corrected chi connectivity index (χ1v) is 12.4. The molecule has 3 atom stereocenters. The van der Waals surface area contributed by atoms with Crippen molar-refractivity contribution in [3.8, 4) is 5.75 Å². The Kier molecular flexibility index (Phi) is 7.16. The van der Waals surface area contributed by atoms with Crippen molar-refractivity contribution in [1.82, 2.24) is 4.90 Å². The molecule has 9 nitrogen and oxygen atoms in total. The van der Waals surface area contributed by atoms with Gasteiger partial charge in [0.25, 0.3) is 5.91 Å². The fourth-order valence-corrected chi connectivity index (χ4v) is 4.81. The van der Waals surface area contributed by atoms with Crippen molar-refractivity contribution in [1.29, 1.82) is 0 Å². The van der Waals surface area contributed by atoms with Gasteiger partial charge in [-0.3, -0.25) is 9.59 Å². The van der Waals surface area contributed by atoms with Gasteiger partial charge in [0.2, 0.25) is 0 Å². The average Bonchev–Trinajstić information content (AvgIpc) is 3.20. The van der Waals surface area contributed by atoms with Crippen molar-refractivity contribution >= 4 is 17.8 Å². The van der Waals surface area contributed by atoms with E-state index in [0.717, 1.165) is 10.5 Å². The number of fused-ring (bicyclic) bond motifs is 7. The highest BCUT2D eigenvalue weighted by molar-refractivity contribution is 6.24. The summed E-state index contributed by atoms with van der Waals surface area (Å²) in [6, 6.07) is 6.13. The van der Waals surface area contributed by atoms with Crippen LogP contribution in [0.5, 0.6) is 5.75 Å². The van der Waals surface area contributed by atoms with E-state index in [1.165, 1.54) is 0 Å². The van der Waals surface area contributed by atoms with E-state index in [1.807, 2.05) is 13.8 Å². The van der Waals surface area contributed by atoms with Crippen LogP contribution in [0.3, 0.4) is 0 Å². The summed E-state index contributed by atoms with van der Waals surface area (Å²) >= 11 is 0. The second-order valence-corrected chi connectivity index (χ2v) is 11.0. The van der Waals surface area contributed by atoms with Crippen molar-refractivity contribution < 1.29 is 38.4 Å². The number of carbonyl (C=O) groups is 3. The van der Waals surface area contributed by atoms with Gasteiger partial charge in [0.15, 0.2) is 11.6 Å². The Morgan fingerprint density at radius 1 is 1.08 bits per heavy atom. The molecule has 36 heavy (non-hydrogen) atoms. The van der Waals surface area contributed by atoms with Gasteiger partial charge < -0.3 is 24.1 Å². The third-order valence-electron chi connectivity index (χ3n) is 6.38. The highest BCUT2D eigenvalue weighted by atomic mass is 16.8. The van der Waals surface area contributed by atoms with E-state index >= 15 is 0 Å². The van der Waals surface area contributed by atoms with Crippen LogP contribution in [0.25, 0.3) is 0 Å². The van der Waals surface area contributed by atoms with Crippen LogP contribution in [-0.4, -0.2) is 64.0 Å². The van der Waals surface area contributed by atoms with Crippen LogP contribution < -0.4 is 4.74 Å². The van der Waals surface area contributed by atoms with Crippen LogP contribution >= 0.6 is 0 Å². The molecule has 0 spiro atoms. The molecule has 4 bridgehead atoms. The van der Waals surface area contributed by atoms with Gasteiger partial charge in [-0.05, 0) is 65.2 Å². The van der Waals surface area contributed by atoms with E-state index in [4.69, 9.17) is 18.9 Å². The lowest BCUT2D eigenvalue weighted by molar-refractivity contribution is -0.149. The van der Waals surface area contributed by atoms with Crippen molar-refractivity contribution in [3.63, 3.8) is 0 Å². The number of nitrogens with zero attached hydrogens (tertiary/aromatic N) is 1. The van der Waals surface area contributed by atoms with Gasteiger partial charge in [-0.1, -0.05) is 18.6 Å². The van der Waals surface area contributed by atoms with Crippen LogP contribution in [-0.2, 0) is 30.2 Å². The largest absolute Gasteiger partial charge is 0.509 e. The Labute approximate surface area is 211 Å². The fourth-order valence-electron chi connectivity index (χ4n) is 4.81. The van der Waals surface area contributed by atoms with Crippen LogP contribution in [0.4, 0.5) is 4.79 Å². The first-order valence-electron chi connectivity index (χ1n) is 12.4. The summed E-state index contributed by atoms with van der Waals surface area (Å²) in [5.74, 6) is -1.80. The summed E-state index contributed by atoms with van der Waals surface area (Å²) in [6.07, 6.45) is 0.642. The van der Waals surface area contributed by atoms with Gasteiger partial charge in [0, 0.05) is 12.8 Å². The van der Waals surface area contributed by atoms with Gasteiger partial charge in [-0.15, -0.1) is 0 Å². The number of benzene rings is 1. The number of aliphatic hydroxyl groups excluding tert-OH is 1. The summed E-state index contributed by atoms with van der Waals surface area (Å²) in [4.78, 5) is 40.1. The molecule has 0 aromatic heterocycles. The van der Waals surface area contributed by atoms with E-state index in [1.54, 1.807) is 45.0 Å². The first kappa shape index (κ1) is 26.2. The van der Waals surface area contributed by atoms with Crippen molar-refractivity contribution in [3.05, 3.63) is 41.2 Å². The molecule has 1 fully saturated rings. The summed E-state index contributed by atoms with van der Waals surface area (Å²) in [6.45, 7) is 9.10. The number of carbonyl (C=O) groups excluding carboxylic acids is 3. The monoisotopic (exact) mass is 501 g/mol.